The molecule has 0 aliphatic carbocycles. The molecule has 0 spiro atoms. The number of hydrogen-bond acceptors (Lipinski definition) is 6. The molecule has 4 N–H and O–H groups in total. The largest absolute Gasteiger partial charge is 0.508 e. The Morgan fingerprint density at radius 3 is 2.59 bits per heavy atom. The van der Waals surface area contributed by atoms with Crippen molar-refractivity contribution in [1.82, 2.24) is 24.5 Å². The molecule has 5 rings (SSSR count). The quantitative estimate of drug-likeness (QED) is 0.338. The minimum atomic E-state index is -0.578. The van der Waals surface area contributed by atoms with E-state index < -0.39 is 11.7 Å². The van der Waals surface area contributed by atoms with Gasteiger partial charge in [-0.1, -0.05) is 6.07 Å². The Kier molecular flexibility index (Phi) is 4.23. The van der Waals surface area contributed by atoms with Crippen LogP contribution in [0.4, 0.5) is 4.39 Å². The highest BCUT2D eigenvalue weighted by molar-refractivity contribution is 6.09. The summed E-state index contributed by atoms with van der Waals surface area (Å²) in [5, 5.41) is 30.8. The first-order valence-electron chi connectivity index (χ1n) is 9.87. The molecule has 0 saturated carbocycles. The van der Waals surface area contributed by atoms with Gasteiger partial charge in [-0.3, -0.25) is 15.0 Å². The number of nitrogens with one attached hydrogen (secondary N) is 2. The second-order valence-electron chi connectivity index (χ2n) is 7.69. The summed E-state index contributed by atoms with van der Waals surface area (Å²) in [6.45, 7) is 5.40. The number of hydrogen-bond donors (Lipinski definition) is 4. The van der Waals surface area contributed by atoms with E-state index in [0.717, 1.165) is 11.8 Å². The van der Waals surface area contributed by atoms with Gasteiger partial charge in [0.1, 0.15) is 17.1 Å². The van der Waals surface area contributed by atoms with Crippen LogP contribution in [0.1, 0.15) is 17.0 Å². The summed E-state index contributed by atoms with van der Waals surface area (Å²) >= 11 is 0. The average Bonchev–Trinajstić information content (AvgIpc) is 2.93. The topological polar surface area (TPSA) is 124 Å². The predicted molar refractivity (Wildman–Crippen MR) is 117 cm³/mol. The Bertz CT molecular complexity index is 1620. The molecule has 160 valence electrons. The van der Waals surface area contributed by atoms with Gasteiger partial charge in [0.05, 0.1) is 33.9 Å². The van der Waals surface area contributed by atoms with Crippen LogP contribution in [-0.4, -0.2) is 34.7 Å². The predicted octanol–water partition coefficient (Wildman–Crippen LogP) is 3.92. The van der Waals surface area contributed by atoms with Gasteiger partial charge in [-0.05, 0) is 44.5 Å². The van der Waals surface area contributed by atoms with Crippen LogP contribution in [0, 0.1) is 32.0 Å². The lowest BCUT2D eigenvalue weighted by molar-refractivity contribution is 0.461. The normalized spacial score (nSPS) is 11.5. The number of aromatic nitrogens is 5. The monoisotopic (exact) mass is 430 g/mol. The van der Waals surface area contributed by atoms with E-state index in [1.54, 1.807) is 36.6 Å². The number of aromatic amines is 1. The Balaban J connectivity index is 1.98. The smallest absolute Gasteiger partial charge is 0.223 e. The molecule has 0 amide bonds. The van der Waals surface area contributed by atoms with Crippen molar-refractivity contribution in [2.45, 2.75) is 20.8 Å². The maximum atomic E-state index is 14.4. The fourth-order valence-corrected chi connectivity index (χ4v) is 4.14. The van der Waals surface area contributed by atoms with Crippen molar-refractivity contribution in [3.8, 4) is 28.6 Å². The maximum absolute atomic E-state index is 14.4. The Hall–Kier alpha value is -4.27. The number of rotatable bonds is 2. The molecule has 4 aromatic heterocycles. The van der Waals surface area contributed by atoms with Crippen LogP contribution in [0.15, 0.2) is 36.7 Å². The molecule has 32 heavy (non-hydrogen) atoms. The van der Waals surface area contributed by atoms with Crippen molar-refractivity contribution in [3.05, 3.63) is 64.9 Å². The first-order valence-corrected chi connectivity index (χ1v) is 9.87. The summed E-state index contributed by atoms with van der Waals surface area (Å²) in [6, 6.07) is 6.45. The van der Waals surface area contributed by atoms with E-state index >= 15 is 0 Å². The van der Waals surface area contributed by atoms with Crippen molar-refractivity contribution in [2.24, 2.45) is 0 Å². The van der Waals surface area contributed by atoms with Crippen molar-refractivity contribution in [1.29, 1.82) is 5.41 Å². The number of aromatic hydroxyl groups is 2. The van der Waals surface area contributed by atoms with Crippen LogP contribution in [0.25, 0.3) is 38.9 Å². The van der Waals surface area contributed by atoms with E-state index in [-0.39, 0.29) is 27.9 Å². The average molecular weight is 430 g/mol. The first-order chi connectivity index (χ1) is 15.3. The molecule has 0 aliphatic rings. The SMILES string of the molecule is Cc1nc2c3c(cc(-c4ccncc4F)nc(O)c3c(=N)n2-c2c(C)ccc(O)c2C)[nH]1. The van der Waals surface area contributed by atoms with Crippen LogP contribution in [-0.2, 0) is 0 Å². The molecule has 0 bridgehead atoms. The standard InChI is InChI=1S/C23H19FN6O2/c1-10-4-5-17(31)11(2)20(10)30-21(25)19-18-16(27-12(3)28-22(18)30)8-15(29-23(19)32)13-6-7-26-9-14(13)24/h4-9,25,31-32H,1-3H3,(H,27,28). The number of H-pyrrole nitrogens is 1. The lowest BCUT2D eigenvalue weighted by atomic mass is 10.1. The third-order valence-electron chi connectivity index (χ3n) is 5.61. The molecule has 4 heterocycles. The Labute approximate surface area is 181 Å². The summed E-state index contributed by atoms with van der Waals surface area (Å²) in [4.78, 5) is 15.8. The van der Waals surface area contributed by atoms with Gasteiger partial charge in [0.25, 0.3) is 0 Å². The molecule has 0 fully saturated rings. The second kappa shape index (κ2) is 6.88. The zero-order chi connectivity index (χ0) is 22.7. The minimum Gasteiger partial charge on any atom is -0.508 e. The van der Waals surface area contributed by atoms with Gasteiger partial charge in [0, 0.05) is 17.3 Å². The number of benzene rings is 1. The number of halogens is 1. The van der Waals surface area contributed by atoms with Crippen LogP contribution < -0.4 is 5.49 Å². The van der Waals surface area contributed by atoms with E-state index in [1.165, 1.54) is 12.3 Å². The number of pyridine rings is 1. The number of nitrogens with zero attached hydrogens (tertiary/aromatic N) is 4. The van der Waals surface area contributed by atoms with Crippen molar-refractivity contribution in [3.63, 3.8) is 0 Å². The van der Waals surface area contributed by atoms with Gasteiger partial charge < -0.3 is 15.2 Å². The maximum Gasteiger partial charge on any atom is 0.223 e. The van der Waals surface area contributed by atoms with Gasteiger partial charge >= 0.3 is 0 Å². The van der Waals surface area contributed by atoms with Crippen LogP contribution >= 0.6 is 0 Å². The molecule has 9 heteroatoms. The summed E-state index contributed by atoms with van der Waals surface area (Å²) in [5.74, 6) is -0.353. The minimum absolute atomic E-state index is 0.0457. The molecule has 8 nitrogen and oxygen atoms in total. The van der Waals surface area contributed by atoms with Gasteiger partial charge in [-0.15, -0.1) is 0 Å². The Morgan fingerprint density at radius 1 is 1.06 bits per heavy atom. The third kappa shape index (κ3) is 2.74. The molecule has 0 unspecified atom stereocenters. The molecule has 0 saturated heterocycles. The van der Waals surface area contributed by atoms with E-state index in [2.05, 4.69) is 19.9 Å². The summed E-state index contributed by atoms with van der Waals surface area (Å²) in [6.07, 6.45) is 2.52. The van der Waals surface area contributed by atoms with Crippen LogP contribution in [0.2, 0.25) is 0 Å². The third-order valence-corrected chi connectivity index (χ3v) is 5.61. The second-order valence-corrected chi connectivity index (χ2v) is 7.69. The van der Waals surface area contributed by atoms with Gasteiger partial charge in [0.2, 0.25) is 5.88 Å². The van der Waals surface area contributed by atoms with Gasteiger partial charge in [0.15, 0.2) is 11.5 Å². The number of phenolic OH excluding ortho intramolecular Hbond substituents is 1. The highest BCUT2D eigenvalue weighted by atomic mass is 19.1. The molecule has 5 aromatic rings. The zero-order valence-electron chi connectivity index (χ0n) is 17.5. The highest BCUT2D eigenvalue weighted by Gasteiger charge is 2.22. The zero-order valence-corrected chi connectivity index (χ0v) is 17.5. The van der Waals surface area contributed by atoms with E-state index in [4.69, 9.17) is 5.41 Å². The molecule has 0 aliphatic heterocycles. The Morgan fingerprint density at radius 2 is 1.84 bits per heavy atom. The molecule has 0 radical (unpaired) electrons. The molecule has 1 aromatic carbocycles. The van der Waals surface area contributed by atoms with E-state index in [0.29, 0.717) is 33.6 Å². The van der Waals surface area contributed by atoms with E-state index in [9.17, 15) is 14.6 Å². The van der Waals surface area contributed by atoms with Crippen LogP contribution in [0.5, 0.6) is 11.6 Å². The first kappa shape index (κ1) is 19.7. The van der Waals surface area contributed by atoms with Crippen LogP contribution in [0.3, 0.4) is 0 Å². The lowest BCUT2D eigenvalue weighted by Gasteiger charge is -2.14. The van der Waals surface area contributed by atoms with Gasteiger partial charge in [-0.25, -0.2) is 14.4 Å². The van der Waals surface area contributed by atoms with Gasteiger partial charge in [-0.2, -0.15) is 0 Å². The summed E-state index contributed by atoms with van der Waals surface area (Å²) in [7, 11) is 0. The molecular weight excluding hydrogens is 411 g/mol. The number of aryl methyl sites for hydroxylation is 2. The lowest BCUT2D eigenvalue weighted by Crippen LogP contribution is -2.16. The molecule has 0 atom stereocenters. The van der Waals surface area contributed by atoms with Crippen molar-refractivity contribution >= 4 is 21.9 Å². The highest BCUT2D eigenvalue weighted by Crippen LogP contribution is 2.34. The summed E-state index contributed by atoms with van der Waals surface area (Å²) < 4.78 is 16.0. The van der Waals surface area contributed by atoms with Crippen molar-refractivity contribution < 1.29 is 14.6 Å². The number of phenols is 1. The molecular formula is C23H19FN6O2. The fourth-order valence-electron chi connectivity index (χ4n) is 4.14. The summed E-state index contributed by atoms with van der Waals surface area (Å²) in [5.41, 5.74) is 3.29. The van der Waals surface area contributed by atoms with Crippen molar-refractivity contribution in [2.75, 3.05) is 0 Å². The fraction of sp³-hybridized carbons (Fsp3) is 0.130. The van der Waals surface area contributed by atoms with E-state index in [1.807, 2.05) is 6.92 Å².